The third-order valence-electron chi connectivity index (χ3n) is 5.19. The molecule has 10 heteroatoms. The SMILES string of the molecule is C[C@H]1Cc2ccccc2N1C(=O)CN(C)S(=O)(=O)c1cc2c(cc1Cl)NC(=O)CO2. The van der Waals surface area contributed by atoms with E-state index in [1.807, 2.05) is 31.2 Å². The van der Waals surface area contributed by atoms with Gasteiger partial charge in [-0.15, -0.1) is 0 Å². The van der Waals surface area contributed by atoms with Gasteiger partial charge in [-0.05, 0) is 31.0 Å². The normalized spacial score (nSPS) is 17.9. The van der Waals surface area contributed by atoms with Crippen LogP contribution in [-0.4, -0.2) is 50.8 Å². The lowest BCUT2D eigenvalue weighted by Gasteiger charge is -2.26. The third kappa shape index (κ3) is 3.53. The highest BCUT2D eigenvalue weighted by molar-refractivity contribution is 7.89. The van der Waals surface area contributed by atoms with Gasteiger partial charge in [-0.25, -0.2) is 8.42 Å². The number of carbonyl (C=O) groups excluding carboxylic acids is 2. The Balaban J connectivity index is 1.58. The lowest BCUT2D eigenvalue weighted by atomic mass is 10.1. The second-order valence-corrected chi connectivity index (χ2v) is 9.74. The molecule has 0 saturated heterocycles. The first kappa shape index (κ1) is 20.6. The van der Waals surface area contributed by atoms with E-state index in [-0.39, 0.29) is 46.7 Å². The highest BCUT2D eigenvalue weighted by Crippen LogP contribution is 2.37. The largest absolute Gasteiger partial charge is 0.482 e. The van der Waals surface area contributed by atoms with Gasteiger partial charge in [0.2, 0.25) is 15.9 Å². The molecule has 0 spiro atoms. The van der Waals surface area contributed by atoms with E-state index in [1.165, 1.54) is 19.2 Å². The molecule has 2 amide bonds. The molecule has 0 unspecified atom stereocenters. The van der Waals surface area contributed by atoms with Crippen molar-refractivity contribution in [3.63, 3.8) is 0 Å². The van der Waals surface area contributed by atoms with Crippen LogP contribution in [0, 0.1) is 0 Å². The number of halogens is 1. The predicted octanol–water partition coefficient (Wildman–Crippen LogP) is 2.27. The molecule has 2 aliphatic rings. The lowest BCUT2D eigenvalue weighted by molar-refractivity contribution is -0.119. The smallest absolute Gasteiger partial charge is 0.262 e. The number of fused-ring (bicyclic) bond motifs is 2. The fourth-order valence-electron chi connectivity index (χ4n) is 3.74. The van der Waals surface area contributed by atoms with Crippen LogP contribution in [0.2, 0.25) is 5.02 Å². The molecule has 0 fully saturated rings. The average molecular weight is 450 g/mol. The quantitative estimate of drug-likeness (QED) is 0.772. The first-order valence-corrected chi connectivity index (χ1v) is 11.1. The summed E-state index contributed by atoms with van der Waals surface area (Å²) in [4.78, 5) is 25.9. The minimum absolute atomic E-state index is 0.0599. The molecule has 30 heavy (non-hydrogen) atoms. The van der Waals surface area contributed by atoms with Crippen LogP contribution in [0.4, 0.5) is 11.4 Å². The molecule has 0 bridgehead atoms. The van der Waals surface area contributed by atoms with Gasteiger partial charge in [0.1, 0.15) is 10.6 Å². The van der Waals surface area contributed by atoms with Crippen LogP contribution in [0.1, 0.15) is 12.5 Å². The maximum Gasteiger partial charge on any atom is 0.262 e. The van der Waals surface area contributed by atoms with Gasteiger partial charge in [0.25, 0.3) is 5.91 Å². The van der Waals surface area contributed by atoms with E-state index in [2.05, 4.69) is 5.32 Å². The summed E-state index contributed by atoms with van der Waals surface area (Å²) < 4.78 is 32.5. The number of likely N-dealkylation sites (N-methyl/N-ethyl adjacent to an activating group) is 1. The van der Waals surface area contributed by atoms with Crippen molar-refractivity contribution < 1.29 is 22.7 Å². The molecule has 1 N–H and O–H groups in total. The minimum Gasteiger partial charge on any atom is -0.482 e. The molecule has 0 radical (unpaired) electrons. The molecule has 4 rings (SSSR count). The maximum atomic E-state index is 13.1. The Labute approximate surface area is 179 Å². The number of rotatable bonds is 4. The fourth-order valence-corrected chi connectivity index (χ4v) is 5.38. The topological polar surface area (TPSA) is 96.0 Å². The van der Waals surface area contributed by atoms with Crippen molar-refractivity contribution in [2.45, 2.75) is 24.3 Å². The van der Waals surface area contributed by atoms with Crippen molar-refractivity contribution in [2.24, 2.45) is 0 Å². The number of nitrogens with zero attached hydrogens (tertiary/aromatic N) is 2. The van der Waals surface area contributed by atoms with Crippen molar-refractivity contribution >= 4 is 44.8 Å². The predicted molar refractivity (Wildman–Crippen MR) is 112 cm³/mol. The molecule has 0 aliphatic carbocycles. The number of nitrogens with one attached hydrogen (secondary N) is 1. The lowest BCUT2D eigenvalue weighted by Crippen LogP contribution is -2.43. The molecular formula is C20H20ClN3O5S. The molecule has 2 aliphatic heterocycles. The third-order valence-corrected chi connectivity index (χ3v) is 7.46. The number of amides is 2. The van der Waals surface area contributed by atoms with Crippen molar-refractivity contribution in [3.05, 3.63) is 47.0 Å². The molecular weight excluding hydrogens is 430 g/mol. The summed E-state index contributed by atoms with van der Waals surface area (Å²) in [6.07, 6.45) is 0.720. The summed E-state index contributed by atoms with van der Waals surface area (Å²) in [6, 6.07) is 10.1. The van der Waals surface area contributed by atoms with Crippen LogP contribution in [0.3, 0.4) is 0 Å². The summed E-state index contributed by atoms with van der Waals surface area (Å²) >= 11 is 6.18. The van der Waals surface area contributed by atoms with E-state index in [0.717, 1.165) is 22.0 Å². The van der Waals surface area contributed by atoms with E-state index in [1.54, 1.807) is 4.90 Å². The number of carbonyl (C=O) groups is 2. The standard InChI is InChI=1S/C20H20ClN3O5S/c1-12-7-13-5-3-4-6-16(13)24(12)20(26)10-23(2)30(27,28)18-9-17-15(8-14(18)21)22-19(25)11-29-17/h3-6,8-9,12H,7,10-11H2,1-2H3,(H,22,25)/t12-/m0/s1. The minimum atomic E-state index is -4.07. The number of benzene rings is 2. The Morgan fingerprint density at radius 1 is 1.33 bits per heavy atom. The van der Waals surface area contributed by atoms with Gasteiger partial charge >= 0.3 is 0 Å². The van der Waals surface area contributed by atoms with Crippen LogP contribution >= 0.6 is 11.6 Å². The summed E-state index contributed by atoms with van der Waals surface area (Å²) in [5, 5.41) is 2.50. The number of ether oxygens (including phenoxy) is 1. The van der Waals surface area contributed by atoms with Gasteiger partial charge in [0.15, 0.2) is 6.61 Å². The van der Waals surface area contributed by atoms with E-state index >= 15 is 0 Å². The first-order valence-electron chi connectivity index (χ1n) is 9.31. The molecule has 2 heterocycles. The first-order chi connectivity index (χ1) is 14.2. The summed E-state index contributed by atoms with van der Waals surface area (Å²) in [5.74, 6) is -0.465. The highest BCUT2D eigenvalue weighted by atomic mass is 35.5. The molecule has 0 saturated carbocycles. The Morgan fingerprint density at radius 2 is 2.07 bits per heavy atom. The van der Waals surface area contributed by atoms with Gasteiger partial charge in [0.05, 0.1) is 17.3 Å². The molecule has 8 nitrogen and oxygen atoms in total. The van der Waals surface area contributed by atoms with Crippen molar-refractivity contribution in [1.29, 1.82) is 0 Å². The number of anilines is 2. The zero-order chi connectivity index (χ0) is 21.6. The van der Waals surface area contributed by atoms with Crippen LogP contribution in [0.15, 0.2) is 41.3 Å². The second kappa shape index (κ2) is 7.57. The Kier molecular flexibility index (Phi) is 5.21. The monoisotopic (exact) mass is 449 g/mol. The number of hydrogen-bond donors (Lipinski definition) is 1. The zero-order valence-electron chi connectivity index (χ0n) is 16.4. The van der Waals surface area contributed by atoms with Crippen LogP contribution < -0.4 is 15.0 Å². The summed E-state index contributed by atoms with van der Waals surface area (Å²) in [5.41, 5.74) is 2.16. The Morgan fingerprint density at radius 3 is 2.83 bits per heavy atom. The van der Waals surface area contributed by atoms with Gasteiger partial charge < -0.3 is 15.0 Å². The average Bonchev–Trinajstić information content (AvgIpc) is 3.02. The molecule has 158 valence electrons. The van der Waals surface area contributed by atoms with Crippen LogP contribution in [-0.2, 0) is 26.0 Å². The zero-order valence-corrected chi connectivity index (χ0v) is 18.0. The van der Waals surface area contributed by atoms with Gasteiger partial charge in [-0.1, -0.05) is 29.8 Å². The van der Waals surface area contributed by atoms with E-state index in [4.69, 9.17) is 16.3 Å². The Hall–Kier alpha value is -2.62. The van der Waals surface area contributed by atoms with Crippen LogP contribution in [0.5, 0.6) is 5.75 Å². The molecule has 2 aromatic carbocycles. The summed E-state index contributed by atoms with van der Waals surface area (Å²) in [6.45, 7) is 1.37. The van der Waals surface area contributed by atoms with Gasteiger partial charge in [-0.2, -0.15) is 4.31 Å². The number of hydrogen-bond acceptors (Lipinski definition) is 5. The Bertz CT molecular complexity index is 1150. The second-order valence-electron chi connectivity index (χ2n) is 7.32. The van der Waals surface area contributed by atoms with Crippen molar-refractivity contribution in [2.75, 3.05) is 30.4 Å². The number of para-hydroxylation sites is 1. The fraction of sp³-hybridized carbons (Fsp3) is 0.300. The molecule has 2 aromatic rings. The van der Waals surface area contributed by atoms with Gasteiger partial charge in [-0.3, -0.25) is 9.59 Å². The van der Waals surface area contributed by atoms with Crippen molar-refractivity contribution in [1.82, 2.24) is 4.31 Å². The highest BCUT2D eigenvalue weighted by Gasteiger charge is 2.34. The van der Waals surface area contributed by atoms with Gasteiger partial charge in [0, 0.05) is 24.8 Å². The van der Waals surface area contributed by atoms with Crippen LogP contribution in [0.25, 0.3) is 0 Å². The number of sulfonamides is 1. The van der Waals surface area contributed by atoms with E-state index < -0.39 is 10.0 Å². The van der Waals surface area contributed by atoms with Crippen molar-refractivity contribution in [3.8, 4) is 5.75 Å². The molecule has 0 aromatic heterocycles. The maximum absolute atomic E-state index is 13.1. The summed E-state index contributed by atoms with van der Waals surface area (Å²) in [7, 11) is -2.74. The van der Waals surface area contributed by atoms with E-state index in [9.17, 15) is 18.0 Å². The molecule has 1 atom stereocenters. The van der Waals surface area contributed by atoms with E-state index in [0.29, 0.717) is 5.69 Å².